The molecule has 0 radical (unpaired) electrons. The van der Waals surface area contributed by atoms with Gasteiger partial charge in [0.1, 0.15) is 0 Å². The highest BCUT2D eigenvalue weighted by Crippen LogP contribution is 1.93. The molecule has 0 aromatic carbocycles. The van der Waals surface area contributed by atoms with E-state index >= 15 is 0 Å². The zero-order chi connectivity index (χ0) is 10.9. The van der Waals surface area contributed by atoms with E-state index in [-0.39, 0.29) is 24.0 Å². The molecule has 1 rings (SSSR count). The number of rotatable bonds is 4. The molecule has 0 aliphatic carbocycles. The number of H-pyrrole nitrogens is 1. The molecule has 0 bridgehead atoms. The summed E-state index contributed by atoms with van der Waals surface area (Å²) in [7, 11) is 0. The minimum atomic E-state index is 0. The minimum Gasteiger partial charge on any atom is -0.357 e. The Morgan fingerprint density at radius 2 is 2.44 bits per heavy atom. The van der Waals surface area contributed by atoms with Crippen molar-refractivity contribution in [2.24, 2.45) is 4.99 Å². The zero-order valence-electron chi connectivity index (χ0n) is 9.16. The van der Waals surface area contributed by atoms with E-state index in [4.69, 9.17) is 6.42 Å². The molecule has 6 heteroatoms. The molecule has 1 heterocycles. The third-order valence-electron chi connectivity index (χ3n) is 1.67. The summed E-state index contributed by atoms with van der Waals surface area (Å²) in [5.74, 6) is 3.21. The summed E-state index contributed by atoms with van der Waals surface area (Å²) in [4.78, 5) is 4.32. The first kappa shape index (κ1) is 14.8. The second-order valence-electron chi connectivity index (χ2n) is 2.83. The maximum Gasteiger partial charge on any atom is 0.192 e. The van der Waals surface area contributed by atoms with Crippen molar-refractivity contribution in [3.63, 3.8) is 0 Å². The summed E-state index contributed by atoms with van der Waals surface area (Å²) < 4.78 is 0. The van der Waals surface area contributed by atoms with E-state index in [0.717, 1.165) is 12.2 Å². The van der Waals surface area contributed by atoms with Gasteiger partial charge in [-0.25, -0.2) is 4.99 Å². The van der Waals surface area contributed by atoms with Crippen molar-refractivity contribution >= 4 is 29.9 Å². The Hall–Kier alpha value is -1.23. The third-order valence-corrected chi connectivity index (χ3v) is 1.67. The molecule has 0 fully saturated rings. The monoisotopic (exact) mass is 333 g/mol. The van der Waals surface area contributed by atoms with Gasteiger partial charge >= 0.3 is 0 Å². The van der Waals surface area contributed by atoms with Gasteiger partial charge in [0, 0.05) is 12.7 Å². The van der Waals surface area contributed by atoms with Crippen LogP contribution < -0.4 is 10.6 Å². The second-order valence-corrected chi connectivity index (χ2v) is 2.83. The fraction of sp³-hybridized carbons (Fsp3) is 0.400. The van der Waals surface area contributed by atoms with Gasteiger partial charge in [0.2, 0.25) is 0 Å². The SMILES string of the molecule is C#CCNC(=NCc1ccn[nH]1)NCC.I. The van der Waals surface area contributed by atoms with Crippen molar-refractivity contribution in [3.05, 3.63) is 18.0 Å². The van der Waals surface area contributed by atoms with Crippen molar-refractivity contribution in [2.45, 2.75) is 13.5 Å². The predicted octanol–water partition coefficient (Wildman–Crippen LogP) is 0.716. The number of hydrogen-bond donors (Lipinski definition) is 3. The quantitative estimate of drug-likeness (QED) is 0.329. The molecule has 1 aromatic rings. The lowest BCUT2D eigenvalue weighted by Gasteiger charge is -2.07. The number of nitrogens with zero attached hydrogens (tertiary/aromatic N) is 2. The predicted molar refractivity (Wildman–Crippen MR) is 75.7 cm³/mol. The third kappa shape index (κ3) is 5.60. The maximum atomic E-state index is 5.15. The average molecular weight is 333 g/mol. The Kier molecular flexibility index (Phi) is 8.34. The van der Waals surface area contributed by atoms with E-state index < -0.39 is 0 Å². The van der Waals surface area contributed by atoms with Crippen molar-refractivity contribution in [1.82, 2.24) is 20.8 Å². The smallest absolute Gasteiger partial charge is 0.192 e. The Morgan fingerprint density at radius 1 is 1.62 bits per heavy atom. The zero-order valence-corrected chi connectivity index (χ0v) is 11.5. The molecule has 0 saturated carbocycles. The van der Waals surface area contributed by atoms with E-state index in [1.165, 1.54) is 0 Å². The van der Waals surface area contributed by atoms with Crippen LogP contribution in [0, 0.1) is 12.3 Å². The summed E-state index contributed by atoms with van der Waals surface area (Å²) in [5.41, 5.74) is 0.966. The fourth-order valence-corrected chi connectivity index (χ4v) is 1.01. The topological polar surface area (TPSA) is 65.1 Å². The number of aromatic amines is 1. The van der Waals surface area contributed by atoms with Crippen molar-refractivity contribution in [3.8, 4) is 12.3 Å². The first-order valence-corrected chi connectivity index (χ1v) is 4.80. The molecule has 0 aliphatic rings. The van der Waals surface area contributed by atoms with Gasteiger partial charge in [-0.3, -0.25) is 5.10 Å². The molecule has 5 nitrogen and oxygen atoms in total. The van der Waals surface area contributed by atoms with Crippen LogP contribution in [-0.4, -0.2) is 29.2 Å². The van der Waals surface area contributed by atoms with Gasteiger partial charge in [0.15, 0.2) is 5.96 Å². The molecule has 0 aliphatic heterocycles. The highest BCUT2D eigenvalue weighted by Gasteiger charge is 1.95. The molecular formula is C10H16IN5. The molecule has 0 amide bonds. The molecule has 3 N–H and O–H groups in total. The normalized spacial score (nSPS) is 10.1. The summed E-state index contributed by atoms with van der Waals surface area (Å²) >= 11 is 0. The second kappa shape index (κ2) is 9.03. The van der Waals surface area contributed by atoms with Crippen LogP contribution in [-0.2, 0) is 6.54 Å². The number of terminal acetylenes is 1. The van der Waals surface area contributed by atoms with Crippen LogP contribution in [0.2, 0.25) is 0 Å². The molecule has 0 atom stereocenters. The summed E-state index contributed by atoms with van der Waals surface area (Å²) in [6, 6.07) is 1.88. The van der Waals surface area contributed by atoms with Gasteiger partial charge in [0.05, 0.1) is 18.8 Å². The van der Waals surface area contributed by atoms with E-state index in [2.05, 4.69) is 31.7 Å². The summed E-state index contributed by atoms with van der Waals surface area (Å²) in [6.45, 7) is 3.83. The molecule has 0 spiro atoms. The number of guanidine groups is 1. The van der Waals surface area contributed by atoms with Gasteiger partial charge in [-0.05, 0) is 13.0 Å². The number of halogens is 1. The van der Waals surface area contributed by atoms with Crippen LogP contribution >= 0.6 is 24.0 Å². The van der Waals surface area contributed by atoms with Gasteiger partial charge < -0.3 is 10.6 Å². The lowest BCUT2D eigenvalue weighted by molar-refractivity contribution is 0.853. The van der Waals surface area contributed by atoms with Gasteiger partial charge in [-0.1, -0.05) is 5.92 Å². The minimum absolute atomic E-state index is 0. The molecule has 16 heavy (non-hydrogen) atoms. The fourth-order valence-electron chi connectivity index (χ4n) is 1.01. The number of aromatic nitrogens is 2. The standard InChI is InChI=1S/C10H15N5.HI/c1-3-6-12-10(11-4-2)13-8-9-5-7-14-15-9;/h1,5,7H,4,6,8H2,2H3,(H,14,15)(H2,11,12,13);1H. The van der Waals surface area contributed by atoms with E-state index in [0.29, 0.717) is 19.0 Å². The summed E-state index contributed by atoms with van der Waals surface area (Å²) in [5, 5.41) is 12.8. The van der Waals surface area contributed by atoms with Crippen LogP contribution in [0.15, 0.2) is 17.3 Å². The summed E-state index contributed by atoms with van der Waals surface area (Å²) in [6.07, 6.45) is 6.85. The van der Waals surface area contributed by atoms with E-state index in [1.54, 1.807) is 6.20 Å². The Balaban J connectivity index is 0.00000225. The van der Waals surface area contributed by atoms with E-state index in [1.807, 2.05) is 13.0 Å². The number of nitrogens with one attached hydrogen (secondary N) is 3. The van der Waals surface area contributed by atoms with Crippen molar-refractivity contribution in [1.29, 1.82) is 0 Å². The Labute approximate surface area is 113 Å². The van der Waals surface area contributed by atoms with Gasteiger partial charge in [-0.15, -0.1) is 30.4 Å². The van der Waals surface area contributed by atoms with Crippen LogP contribution in [0.5, 0.6) is 0 Å². The van der Waals surface area contributed by atoms with Crippen LogP contribution in [0.1, 0.15) is 12.6 Å². The average Bonchev–Trinajstić information content (AvgIpc) is 2.75. The highest BCUT2D eigenvalue weighted by atomic mass is 127. The maximum absolute atomic E-state index is 5.15. The number of hydrogen-bond acceptors (Lipinski definition) is 2. The highest BCUT2D eigenvalue weighted by molar-refractivity contribution is 14.0. The van der Waals surface area contributed by atoms with Gasteiger partial charge in [-0.2, -0.15) is 5.10 Å². The van der Waals surface area contributed by atoms with Gasteiger partial charge in [0.25, 0.3) is 0 Å². The van der Waals surface area contributed by atoms with Crippen LogP contribution in [0.4, 0.5) is 0 Å². The molecular weight excluding hydrogens is 317 g/mol. The van der Waals surface area contributed by atoms with Crippen LogP contribution in [0.25, 0.3) is 0 Å². The van der Waals surface area contributed by atoms with Crippen molar-refractivity contribution < 1.29 is 0 Å². The molecule has 0 saturated heterocycles. The Bertz CT molecular complexity index is 339. The lowest BCUT2D eigenvalue weighted by Crippen LogP contribution is -2.37. The molecule has 1 aromatic heterocycles. The van der Waals surface area contributed by atoms with Crippen molar-refractivity contribution in [2.75, 3.05) is 13.1 Å². The first-order valence-electron chi connectivity index (χ1n) is 4.80. The van der Waals surface area contributed by atoms with E-state index in [9.17, 15) is 0 Å². The van der Waals surface area contributed by atoms with Crippen LogP contribution in [0.3, 0.4) is 0 Å². The Morgan fingerprint density at radius 3 is 3.00 bits per heavy atom. The largest absolute Gasteiger partial charge is 0.357 e. The molecule has 0 unspecified atom stereocenters. The first-order chi connectivity index (χ1) is 7.36. The number of aliphatic imine (C=N–C) groups is 1. The molecule has 88 valence electrons. The lowest BCUT2D eigenvalue weighted by atomic mass is 10.4.